The Morgan fingerprint density at radius 2 is 2.12 bits per heavy atom. The number of allylic oxidation sites excluding steroid dienone is 1. The summed E-state index contributed by atoms with van der Waals surface area (Å²) in [6, 6.07) is 3.48. The number of carbonyl (C=O) groups excluding carboxylic acids is 1. The maximum atomic E-state index is 13.3. The summed E-state index contributed by atoms with van der Waals surface area (Å²) in [4.78, 5) is 23.7. The summed E-state index contributed by atoms with van der Waals surface area (Å²) < 4.78 is 7.14. The molecule has 1 atom stereocenters. The summed E-state index contributed by atoms with van der Waals surface area (Å²) in [5, 5.41) is 7.73. The molecular formula is C17H20N6O2. The number of hydrogen-bond donors (Lipinski definition) is 1. The van der Waals surface area contributed by atoms with Gasteiger partial charge in [-0.1, -0.05) is 6.07 Å². The molecule has 0 aromatic carbocycles. The molecule has 0 aliphatic carbocycles. The fraction of sp³-hybridized carbons (Fsp3) is 0.412. The summed E-state index contributed by atoms with van der Waals surface area (Å²) in [5.74, 6) is 1.30. The molecule has 8 nitrogen and oxygen atoms in total. The molecule has 8 heteroatoms. The highest BCUT2D eigenvalue weighted by Gasteiger charge is 2.36. The van der Waals surface area contributed by atoms with E-state index in [1.54, 1.807) is 17.1 Å². The molecule has 2 aliphatic heterocycles. The van der Waals surface area contributed by atoms with Crippen molar-refractivity contribution in [1.82, 2.24) is 24.6 Å². The number of nitrogens with zero attached hydrogens (tertiary/aromatic N) is 5. The second kappa shape index (κ2) is 6.29. The van der Waals surface area contributed by atoms with Gasteiger partial charge in [-0.15, -0.1) is 0 Å². The smallest absolute Gasteiger partial charge is 0.254 e. The van der Waals surface area contributed by atoms with Crippen molar-refractivity contribution >= 4 is 11.9 Å². The molecule has 0 spiro atoms. The Kier molecular flexibility index (Phi) is 3.96. The molecule has 0 saturated carbocycles. The van der Waals surface area contributed by atoms with Crippen molar-refractivity contribution in [3.8, 4) is 0 Å². The van der Waals surface area contributed by atoms with Gasteiger partial charge in [0.05, 0.1) is 18.8 Å². The van der Waals surface area contributed by atoms with Crippen molar-refractivity contribution in [2.24, 2.45) is 0 Å². The lowest BCUT2D eigenvalue weighted by molar-refractivity contribution is -0.131. The number of hydrogen-bond acceptors (Lipinski definition) is 6. The van der Waals surface area contributed by atoms with Crippen molar-refractivity contribution in [2.45, 2.75) is 19.9 Å². The van der Waals surface area contributed by atoms with Crippen LogP contribution < -0.4 is 5.32 Å². The average molecular weight is 340 g/mol. The largest absolute Gasteiger partial charge is 0.378 e. The van der Waals surface area contributed by atoms with Crippen LogP contribution in [0.2, 0.25) is 0 Å². The second-order valence-electron chi connectivity index (χ2n) is 6.18. The van der Waals surface area contributed by atoms with Crippen LogP contribution in [0.5, 0.6) is 0 Å². The van der Waals surface area contributed by atoms with Gasteiger partial charge < -0.3 is 15.0 Å². The molecule has 2 aromatic rings. The summed E-state index contributed by atoms with van der Waals surface area (Å²) in [7, 11) is 0. The molecular weight excluding hydrogens is 320 g/mol. The van der Waals surface area contributed by atoms with Crippen molar-refractivity contribution in [1.29, 1.82) is 0 Å². The van der Waals surface area contributed by atoms with Gasteiger partial charge in [-0.05, 0) is 25.5 Å². The van der Waals surface area contributed by atoms with E-state index in [0.717, 1.165) is 11.3 Å². The second-order valence-corrected chi connectivity index (χ2v) is 6.18. The van der Waals surface area contributed by atoms with Gasteiger partial charge in [0.2, 0.25) is 5.95 Å². The number of amides is 1. The van der Waals surface area contributed by atoms with Gasteiger partial charge in [-0.3, -0.25) is 9.78 Å². The van der Waals surface area contributed by atoms with Crippen molar-refractivity contribution in [3.63, 3.8) is 0 Å². The lowest BCUT2D eigenvalue weighted by Gasteiger charge is -2.33. The number of carbonyl (C=O) groups is 1. The first-order valence-corrected chi connectivity index (χ1v) is 8.33. The summed E-state index contributed by atoms with van der Waals surface area (Å²) in [5.41, 5.74) is 2.38. The van der Waals surface area contributed by atoms with Crippen LogP contribution in [0.1, 0.15) is 24.4 Å². The summed E-state index contributed by atoms with van der Waals surface area (Å²) in [6.45, 7) is 6.07. The van der Waals surface area contributed by atoms with Crippen LogP contribution in [0.3, 0.4) is 0 Å². The minimum absolute atomic E-state index is 0.000885. The van der Waals surface area contributed by atoms with Gasteiger partial charge >= 0.3 is 0 Å². The van der Waals surface area contributed by atoms with E-state index in [9.17, 15) is 4.79 Å². The van der Waals surface area contributed by atoms with Crippen molar-refractivity contribution < 1.29 is 9.53 Å². The van der Waals surface area contributed by atoms with Crippen LogP contribution in [0.25, 0.3) is 0 Å². The van der Waals surface area contributed by atoms with E-state index in [1.807, 2.05) is 30.9 Å². The Morgan fingerprint density at radius 1 is 1.32 bits per heavy atom. The van der Waals surface area contributed by atoms with Crippen LogP contribution in [-0.4, -0.2) is 56.9 Å². The summed E-state index contributed by atoms with van der Waals surface area (Å²) >= 11 is 0. The Labute approximate surface area is 145 Å². The van der Waals surface area contributed by atoms with E-state index in [1.165, 1.54) is 0 Å². The highest BCUT2D eigenvalue weighted by molar-refractivity contribution is 5.96. The molecule has 2 aliphatic rings. The first-order chi connectivity index (χ1) is 12.1. The van der Waals surface area contributed by atoms with E-state index in [4.69, 9.17) is 4.74 Å². The molecule has 2 aromatic heterocycles. The number of aryl methyl sites for hydroxylation is 1. The molecule has 25 heavy (non-hydrogen) atoms. The molecule has 0 unspecified atom stereocenters. The number of pyridine rings is 1. The highest BCUT2D eigenvalue weighted by Crippen LogP contribution is 2.35. The lowest BCUT2D eigenvalue weighted by atomic mass is 9.95. The molecule has 1 fully saturated rings. The fourth-order valence-corrected chi connectivity index (χ4v) is 3.32. The zero-order valence-electron chi connectivity index (χ0n) is 14.3. The molecule has 1 saturated heterocycles. The minimum atomic E-state index is -0.346. The zero-order valence-corrected chi connectivity index (χ0v) is 14.3. The van der Waals surface area contributed by atoms with E-state index < -0.39 is 0 Å². The van der Waals surface area contributed by atoms with Gasteiger partial charge in [0.25, 0.3) is 5.91 Å². The van der Waals surface area contributed by atoms with Crippen molar-refractivity contribution in [3.05, 3.63) is 47.2 Å². The van der Waals surface area contributed by atoms with Crippen molar-refractivity contribution in [2.75, 3.05) is 31.6 Å². The van der Waals surface area contributed by atoms with Gasteiger partial charge in [0.1, 0.15) is 11.9 Å². The third-order valence-electron chi connectivity index (χ3n) is 4.49. The molecule has 0 radical (unpaired) electrons. The Balaban J connectivity index is 1.80. The van der Waals surface area contributed by atoms with Crippen LogP contribution in [0.15, 0.2) is 35.8 Å². The standard InChI is InChI=1S/C17H20N6O2/c1-11-14(16(24)22-6-8-25-9-7-22)15(13-4-3-5-18-10-13)23-17(19-11)20-12(2)21-23/h3-5,10,15H,6-9H2,1-2H3,(H,19,20,21)/t15-/m1/s1. The third kappa shape index (κ3) is 2.78. The molecule has 130 valence electrons. The third-order valence-corrected chi connectivity index (χ3v) is 4.49. The number of rotatable bonds is 2. The SMILES string of the molecule is CC1=C(C(=O)N2CCOCC2)[C@@H](c2cccnc2)n2nc(C)nc2N1. The molecule has 1 amide bonds. The Bertz CT molecular complexity index is 823. The van der Waals surface area contributed by atoms with E-state index in [0.29, 0.717) is 43.6 Å². The van der Waals surface area contributed by atoms with Gasteiger partial charge in [-0.25, -0.2) is 4.68 Å². The van der Waals surface area contributed by atoms with E-state index >= 15 is 0 Å². The number of anilines is 1. The van der Waals surface area contributed by atoms with Crippen LogP contribution in [0, 0.1) is 6.92 Å². The number of ether oxygens (including phenoxy) is 1. The predicted molar refractivity (Wildman–Crippen MR) is 90.9 cm³/mol. The Hall–Kier alpha value is -2.74. The number of morpholine rings is 1. The maximum absolute atomic E-state index is 13.3. The fourth-order valence-electron chi connectivity index (χ4n) is 3.32. The highest BCUT2D eigenvalue weighted by atomic mass is 16.5. The normalized spacial score (nSPS) is 20.2. The first kappa shape index (κ1) is 15.8. The molecule has 0 bridgehead atoms. The van der Waals surface area contributed by atoms with Crippen LogP contribution >= 0.6 is 0 Å². The molecule has 4 rings (SSSR count). The number of nitrogens with one attached hydrogen (secondary N) is 1. The predicted octanol–water partition coefficient (Wildman–Crippen LogP) is 1.13. The first-order valence-electron chi connectivity index (χ1n) is 8.33. The topological polar surface area (TPSA) is 85.2 Å². The molecule has 4 heterocycles. The zero-order chi connectivity index (χ0) is 17.4. The van der Waals surface area contributed by atoms with Crippen LogP contribution in [0.4, 0.5) is 5.95 Å². The van der Waals surface area contributed by atoms with Gasteiger partial charge in [0, 0.05) is 31.2 Å². The van der Waals surface area contributed by atoms with Crippen LogP contribution in [-0.2, 0) is 9.53 Å². The number of aromatic nitrogens is 4. The quantitative estimate of drug-likeness (QED) is 0.882. The monoisotopic (exact) mass is 340 g/mol. The maximum Gasteiger partial charge on any atom is 0.254 e. The average Bonchev–Trinajstić information content (AvgIpc) is 3.01. The van der Waals surface area contributed by atoms with Gasteiger partial charge in [-0.2, -0.15) is 10.1 Å². The van der Waals surface area contributed by atoms with E-state index in [2.05, 4.69) is 20.4 Å². The van der Waals surface area contributed by atoms with E-state index in [-0.39, 0.29) is 11.9 Å². The lowest BCUT2D eigenvalue weighted by Crippen LogP contribution is -2.44. The Morgan fingerprint density at radius 3 is 2.84 bits per heavy atom. The summed E-state index contributed by atoms with van der Waals surface area (Å²) in [6.07, 6.45) is 3.49. The number of fused-ring (bicyclic) bond motifs is 1. The molecule has 1 N–H and O–H groups in total. The van der Waals surface area contributed by atoms with Gasteiger partial charge in [0.15, 0.2) is 0 Å². The minimum Gasteiger partial charge on any atom is -0.378 e.